The maximum atomic E-state index is 11.6. The summed E-state index contributed by atoms with van der Waals surface area (Å²) in [4.78, 5) is 11.6. The second-order valence-corrected chi connectivity index (χ2v) is 5.22. The number of amides is 1. The number of methoxy groups -OCH3 is 1. The zero-order valence-corrected chi connectivity index (χ0v) is 14.3. The van der Waals surface area contributed by atoms with E-state index in [9.17, 15) is 4.79 Å². The summed E-state index contributed by atoms with van der Waals surface area (Å²) >= 11 is 0. The molecule has 0 heterocycles. The topological polar surface area (TPSA) is 73.6 Å². The van der Waals surface area contributed by atoms with Crippen molar-refractivity contribution in [2.75, 3.05) is 26.8 Å². The average Bonchev–Trinajstić information content (AvgIpc) is 2.49. The van der Waals surface area contributed by atoms with Crippen molar-refractivity contribution in [3.8, 4) is 5.75 Å². The molecule has 0 fully saturated rings. The molecule has 0 spiro atoms. The van der Waals surface area contributed by atoms with Crippen LogP contribution in [0, 0.1) is 0 Å². The molecular formula is C16H27ClN2O3. The van der Waals surface area contributed by atoms with Gasteiger partial charge in [-0.15, -0.1) is 12.4 Å². The summed E-state index contributed by atoms with van der Waals surface area (Å²) in [6, 6.07) is 8.02. The van der Waals surface area contributed by atoms with E-state index in [0.29, 0.717) is 25.6 Å². The summed E-state index contributed by atoms with van der Waals surface area (Å²) in [5.74, 6) is 1.24. The Kier molecular flexibility index (Phi) is 10.6. The van der Waals surface area contributed by atoms with E-state index in [0.717, 1.165) is 5.75 Å². The standard InChI is InChI=1S/C16H26N2O3.ClH/c1-12(2)13-4-6-14(7-5-13)21-9-8-18-16(19)10-15(11-17)20-3;/h4-7,12,15H,8-11,17H2,1-3H3,(H,18,19);1H. The van der Waals surface area contributed by atoms with Crippen LogP contribution < -0.4 is 15.8 Å². The average molecular weight is 331 g/mol. The molecule has 0 saturated heterocycles. The first-order valence-corrected chi connectivity index (χ1v) is 7.29. The Labute approximate surface area is 139 Å². The number of benzene rings is 1. The van der Waals surface area contributed by atoms with Gasteiger partial charge in [-0.25, -0.2) is 0 Å². The summed E-state index contributed by atoms with van der Waals surface area (Å²) in [5.41, 5.74) is 6.75. The predicted octanol–water partition coefficient (Wildman–Crippen LogP) is 2.09. The molecule has 0 aromatic heterocycles. The van der Waals surface area contributed by atoms with E-state index in [-0.39, 0.29) is 30.8 Å². The zero-order valence-electron chi connectivity index (χ0n) is 13.5. The number of rotatable bonds is 9. The summed E-state index contributed by atoms with van der Waals surface area (Å²) in [5, 5.41) is 2.78. The molecule has 0 aliphatic carbocycles. The first-order chi connectivity index (χ1) is 10.1. The third kappa shape index (κ3) is 7.64. The van der Waals surface area contributed by atoms with Crippen molar-refractivity contribution in [3.63, 3.8) is 0 Å². The smallest absolute Gasteiger partial charge is 0.222 e. The van der Waals surface area contributed by atoms with Crippen molar-refractivity contribution in [2.24, 2.45) is 5.73 Å². The van der Waals surface area contributed by atoms with Gasteiger partial charge in [-0.3, -0.25) is 4.79 Å². The van der Waals surface area contributed by atoms with Crippen LogP contribution in [0.15, 0.2) is 24.3 Å². The van der Waals surface area contributed by atoms with E-state index in [1.165, 1.54) is 5.56 Å². The molecule has 1 rings (SSSR count). The molecule has 1 amide bonds. The predicted molar refractivity (Wildman–Crippen MR) is 90.8 cm³/mol. The summed E-state index contributed by atoms with van der Waals surface area (Å²) in [6.45, 7) is 5.54. The lowest BCUT2D eigenvalue weighted by Gasteiger charge is -2.13. The van der Waals surface area contributed by atoms with E-state index in [1.807, 2.05) is 12.1 Å². The molecule has 22 heavy (non-hydrogen) atoms. The SMILES string of the molecule is COC(CN)CC(=O)NCCOc1ccc(C(C)C)cc1.Cl. The van der Waals surface area contributed by atoms with Gasteiger partial charge in [0.05, 0.1) is 19.1 Å². The van der Waals surface area contributed by atoms with Crippen LogP contribution in [0.1, 0.15) is 31.7 Å². The maximum Gasteiger partial charge on any atom is 0.222 e. The Balaban J connectivity index is 0.00000441. The highest BCUT2D eigenvalue weighted by molar-refractivity contribution is 5.85. The van der Waals surface area contributed by atoms with Gasteiger partial charge in [0.15, 0.2) is 0 Å². The number of nitrogens with one attached hydrogen (secondary N) is 1. The number of hydrogen-bond acceptors (Lipinski definition) is 4. The number of hydrogen-bond donors (Lipinski definition) is 2. The number of halogens is 1. The number of carbonyl (C=O) groups is 1. The van der Waals surface area contributed by atoms with Crippen LogP contribution in [-0.2, 0) is 9.53 Å². The molecule has 0 bridgehead atoms. The number of carbonyl (C=O) groups excluding carboxylic acids is 1. The largest absolute Gasteiger partial charge is 0.492 e. The van der Waals surface area contributed by atoms with Crippen LogP contribution in [0.5, 0.6) is 5.75 Å². The van der Waals surface area contributed by atoms with Gasteiger partial charge in [-0.2, -0.15) is 0 Å². The molecule has 0 radical (unpaired) electrons. The van der Waals surface area contributed by atoms with Gasteiger partial charge in [-0.05, 0) is 23.6 Å². The molecule has 1 atom stereocenters. The van der Waals surface area contributed by atoms with E-state index >= 15 is 0 Å². The van der Waals surface area contributed by atoms with Crippen molar-refractivity contribution in [2.45, 2.75) is 32.3 Å². The third-order valence-electron chi connectivity index (χ3n) is 3.25. The van der Waals surface area contributed by atoms with Crippen LogP contribution in [0.25, 0.3) is 0 Å². The Bertz CT molecular complexity index is 420. The Hall–Kier alpha value is -1.30. The summed E-state index contributed by atoms with van der Waals surface area (Å²) < 4.78 is 10.6. The lowest BCUT2D eigenvalue weighted by Crippen LogP contribution is -2.34. The van der Waals surface area contributed by atoms with Gasteiger partial charge in [0, 0.05) is 13.7 Å². The highest BCUT2D eigenvalue weighted by Crippen LogP contribution is 2.18. The van der Waals surface area contributed by atoms with E-state index in [1.54, 1.807) is 7.11 Å². The summed E-state index contributed by atoms with van der Waals surface area (Å²) in [6.07, 6.45) is 0.0466. The Morgan fingerprint density at radius 3 is 2.41 bits per heavy atom. The number of ether oxygens (including phenoxy) is 2. The minimum atomic E-state index is -0.227. The molecule has 1 unspecified atom stereocenters. The molecule has 126 valence electrons. The quantitative estimate of drug-likeness (QED) is 0.680. The Morgan fingerprint density at radius 2 is 1.91 bits per heavy atom. The molecule has 0 saturated carbocycles. The zero-order chi connectivity index (χ0) is 15.7. The van der Waals surface area contributed by atoms with Crippen molar-refractivity contribution < 1.29 is 14.3 Å². The lowest BCUT2D eigenvalue weighted by molar-refractivity contribution is -0.123. The minimum absolute atomic E-state index is 0. The van der Waals surface area contributed by atoms with Gasteiger partial charge >= 0.3 is 0 Å². The highest BCUT2D eigenvalue weighted by Gasteiger charge is 2.10. The molecular weight excluding hydrogens is 304 g/mol. The Morgan fingerprint density at radius 1 is 1.27 bits per heavy atom. The van der Waals surface area contributed by atoms with Gasteiger partial charge in [-0.1, -0.05) is 26.0 Å². The summed E-state index contributed by atoms with van der Waals surface area (Å²) in [7, 11) is 1.55. The van der Waals surface area contributed by atoms with Crippen LogP contribution in [0.2, 0.25) is 0 Å². The van der Waals surface area contributed by atoms with Crippen LogP contribution in [0.4, 0.5) is 0 Å². The lowest BCUT2D eigenvalue weighted by atomic mass is 10.0. The van der Waals surface area contributed by atoms with Gasteiger partial charge < -0.3 is 20.5 Å². The normalized spacial score (nSPS) is 11.7. The van der Waals surface area contributed by atoms with Crippen molar-refractivity contribution in [1.29, 1.82) is 0 Å². The van der Waals surface area contributed by atoms with Crippen LogP contribution in [0.3, 0.4) is 0 Å². The monoisotopic (exact) mass is 330 g/mol. The molecule has 5 nitrogen and oxygen atoms in total. The molecule has 1 aromatic rings. The van der Waals surface area contributed by atoms with E-state index < -0.39 is 0 Å². The minimum Gasteiger partial charge on any atom is -0.492 e. The van der Waals surface area contributed by atoms with Crippen molar-refractivity contribution in [1.82, 2.24) is 5.32 Å². The maximum absolute atomic E-state index is 11.6. The van der Waals surface area contributed by atoms with Crippen molar-refractivity contribution in [3.05, 3.63) is 29.8 Å². The number of nitrogens with two attached hydrogens (primary N) is 1. The fourth-order valence-electron chi connectivity index (χ4n) is 1.85. The third-order valence-corrected chi connectivity index (χ3v) is 3.25. The highest BCUT2D eigenvalue weighted by atomic mass is 35.5. The fourth-order valence-corrected chi connectivity index (χ4v) is 1.85. The molecule has 0 aliphatic rings. The van der Waals surface area contributed by atoms with Gasteiger partial charge in [0.25, 0.3) is 0 Å². The molecule has 0 aliphatic heterocycles. The fraction of sp³-hybridized carbons (Fsp3) is 0.562. The first-order valence-electron chi connectivity index (χ1n) is 7.29. The van der Waals surface area contributed by atoms with E-state index in [2.05, 4.69) is 31.3 Å². The second kappa shape index (κ2) is 11.3. The molecule has 6 heteroatoms. The van der Waals surface area contributed by atoms with Gasteiger partial charge in [0.2, 0.25) is 5.91 Å². The van der Waals surface area contributed by atoms with E-state index in [4.69, 9.17) is 15.2 Å². The second-order valence-electron chi connectivity index (χ2n) is 5.22. The van der Waals surface area contributed by atoms with Crippen LogP contribution in [-0.4, -0.2) is 38.8 Å². The molecule has 1 aromatic carbocycles. The van der Waals surface area contributed by atoms with Gasteiger partial charge in [0.1, 0.15) is 12.4 Å². The van der Waals surface area contributed by atoms with Crippen LogP contribution >= 0.6 is 12.4 Å². The van der Waals surface area contributed by atoms with Crippen molar-refractivity contribution >= 4 is 18.3 Å². The first kappa shape index (κ1) is 20.7. The molecule has 3 N–H and O–H groups in total.